The molecule has 0 amide bonds. The van der Waals surface area contributed by atoms with E-state index in [-0.39, 0.29) is 17.5 Å². The van der Waals surface area contributed by atoms with Gasteiger partial charge in [-0.15, -0.1) is 0 Å². The molecule has 118 valence electrons. The molecule has 1 aliphatic heterocycles. The van der Waals surface area contributed by atoms with Crippen molar-refractivity contribution in [3.8, 4) is 11.6 Å². The summed E-state index contributed by atoms with van der Waals surface area (Å²) in [6.45, 7) is 1.75. The lowest BCUT2D eigenvalue weighted by molar-refractivity contribution is -0.147. The number of nitrogens with zero attached hydrogens (tertiary/aromatic N) is 1. The molecule has 2 aromatic rings. The van der Waals surface area contributed by atoms with Crippen LogP contribution in [0.5, 0.6) is 11.6 Å². The Kier molecular flexibility index (Phi) is 4.23. The maximum atomic E-state index is 12.3. The van der Waals surface area contributed by atoms with Gasteiger partial charge in [0.25, 0.3) is 0 Å². The van der Waals surface area contributed by atoms with Gasteiger partial charge in [-0.3, -0.25) is 0 Å². The highest BCUT2D eigenvalue weighted by molar-refractivity contribution is 5.93. The molecule has 23 heavy (non-hydrogen) atoms. The summed E-state index contributed by atoms with van der Waals surface area (Å²) >= 11 is 0. The van der Waals surface area contributed by atoms with E-state index in [1.807, 2.05) is 18.2 Å². The molecule has 1 fully saturated rings. The highest BCUT2D eigenvalue weighted by atomic mass is 16.6. The van der Waals surface area contributed by atoms with E-state index in [2.05, 4.69) is 4.98 Å². The molecule has 6 heteroatoms. The number of hydrogen-bond acceptors (Lipinski definition) is 6. The first-order valence-corrected chi connectivity index (χ1v) is 7.23. The number of ether oxygens (including phenoxy) is 3. The summed E-state index contributed by atoms with van der Waals surface area (Å²) in [4.78, 5) is 28.0. The first-order valence-electron chi connectivity index (χ1n) is 7.23. The number of aromatic nitrogens is 1. The molecule has 1 aromatic heterocycles. The van der Waals surface area contributed by atoms with E-state index in [9.17, 15) is 9.59 Å². The predicted molar refractivity (Wildman–Crippen MR) is 80.1 cm³/mol. The number of esters is 2. The SMILES string of the molecule is CC1CC(OC(=O)c2cccnc2Oc2ccccc2)C(=O)O1. The Bertz CT molecular complexity index is 716. The fourth-order valence-corrected chi connectivity index (χ4v) is 2.24. The molecule has 0 aliphatic carbocycles. The maximum Gasteiger partial charge on any atom is 0.347 e. The molecule has 0 N–H and O–H groups in total. The van der Waals surface area contributed by atoms with Gasteiger partial charge in [-0.2, -0.15) is 0 Å². The molecule has 0 bridgehead atoms. The van der Waals surface area contributed by atoms with E-state index in [0.717, 1.165) is 0 Å². The van der Waals surface area contributed by atoms with Crippen molar-refractivity contribution in [2.75, 3.05) is 0 Å². The predicted octanol–water partition coefficient (Wildman–Crippen LogP) is 2.73. The summed E-state index contributed by atoms with van der Waals surface area (Å²) in [5.74, 6) is -0.516. The quantitative estimate of drug-likeness (QED) is 0.808. The molecular formula is C17H15NO5. The van der Waals surface area contributed by atoms with E-state index >= 15 is 0 Å². The molecular weight excluding hydrogens is 298 g/mol. The van der Waals surface area contributed by atoms with Crippen molar-refractivity contribution in [1.82, 2.24) is 4.98 Å². The van der Waals surface area contributed by atoms with Crippen LogP contribution < -0.4 is 4.74 Å². The van der Waals surface area contributed by atoms with E-state index in [0.29, 0.717) is 12.2 Å². The maximum absolute atomic E-state index is 12.3. The number of carbonyl (C=O) groups excluding carboxylic acids is 2. The van der Waals surface area contributed by atoms with Gasteiger partial charge in [0.1, 0.15) is 17.4 Å². The van der Waals surface area contributed by atoms with Gasteiger partial charge < -0.3 is 14.2 Å². The Morgan fingerprint density at radius 1 is 1.22 bits per heavy atom. The van der Waals surface area contributed by atoms with Crippen LogP contribution in [0.3, 0.4) is 0 Å². The summed E-state index contributed by atoms with van der Waals surface area (Å²) in [5.41, 5.74) is 0.156. The topological polar surface area (TPSA) is 74.7 Å². The van der Waals surface area contributed by atoms with Gasteiger partial charge in [0, 0.05) is 12.6 Å². The summed E-state index contributed by atoms with van der Waals surface area (Å²) in [5, 5.41) is 0. The zero-order valence-corrected chi connectivity index (χ0v) is 12.5. The van der Waals surface area contributed by atoms with Crippen molar-refractivity contribution in [2.24, 2.45) is 0 Å². The summed E-state index contributed by atoms with van der Waals surface area (Å²) in [6.07, 6.45) is 0.720. The van der Waals surface area contributed by atoms with E-state index in [4.69, 9.17) is 14.2 Å². The van der Waals surface area contributed by atoms with Gasteiger partial charge >= 0.3 is 11.9 Å². The smallest absolute Gasteiger partial charge is 0.347 e. The Balaban J connectivity index is 1.77. The minimum atomic E-state index is -0.887. The zero-order chi connectivity index (χ0) is 16.2. The molecule has 1 aliphatic rings. The number of carbonyl (C=O) groups is 2. The third-order valence-electron chi connectivity index (χ3n) is 3.32. The number of pyridine rings is 1. The van der Waals surface area contributed by atoms with E-state index < -0.39 is 18.0 Å². The zero-order valence-electron chi connectivity index (χ0n) is 12.5. The first-order chi connectivity index (χ1) is 11.1. The van der Waals surface area contributed by atoms with Crippen molar-refractivity contribution < 1.29 is 23.8 Å². The van der Waals surface area contributed by atoms with Crippen LogP contribution in [0.15, 0.2) is 48.7 Å². The molecule has 2 atom stereocenters. The minimum Gasteiger partial charge on any atom is -0.460 e. The van der Waals surface area contributed by atoms with E-state index in [1.54, 1.807) is 25.1 Å². The lowest BCUT2D eigenvalue weighted by atomic mass is 10.2. The Labute approximate surface area is 133 Å². The summed E-state index contributed by atoms with van der Waals surface area (Å²) in [6, 6.07) is 12.1. The van der Waals surface area contributed by atoms with Gasteiger partial charge in [-0.1, -0.05) is 18.2 Å². The van der Waals surface area contributed by atoms with Crippen molar-refractivity contribution in [3.05, 3.63) is 54.2 Å². The van der Waals surface area contributed by atoms with E-state index in [1.165, 1.54) is 12.3 Å². The Morgan fingerprint density at radius 2 is 2.00 bits per heavy atom. The molecule has 0 saturated carbocycles. The Hall–Kier alpha value is -2.89. The normalized spacial score (nSPS) is 20.0. The van der Waals surface area contributed by atoms with Gasteiger partial charge in [0.05, 0.1) is 0 Å². The third-order valence-corrected chi connectivity index (χ3v) is 3.32. The van der Waals surface area contributed by atoms with Crippen LogP contribution in [0, 0.1) is 0 Å². The van der Waals surface area contributed by atoms with Crippen LogP contribution >= 0.6 is 0 Å². The van der Waals surface area contributed by atoms with Crippen LogP contribution in [0.1, 0.15) is 23.7 Å². The average molecular weight is 313 g/mol. The van der Waals surface area contributed by atoms with Crippen LogP contribution in [0.2, 0.25) is 0 Å². The van der Waals surface area contributed by atoms with Gasteiger partial charge in [-0.05, 0) is 31.2 Å². The number of rotatable bonds is 4. The molecule has 1 saturated heterocycles. The number of para-hydroxylation sites is 1. The largest absolute Gasteiger partial charge is 0.460 e. The van der Waals surface area contributed by atoms with Gasteiger partial charge in [0.2, 0.25) is 12.0 Å². The second-order valence-corrected chi connectivity index (χ2v) is 5.15. The highest BCUT2D eigenvalue weighted by Crippen LogP contribution is 2.25. The van der Waals surface area contributed by atoms with Gasteiger partial charge in [-0.25, -0.2) is 14.6 Å². The molecule has 6 nitrogen and oxygen atoms in total. The standard InChI is InChI=1S/C17H15NO5/c1-11-10-14(17(20)21-11)23-16(19)13-8-5-9-18-15(13)22-12-6-3-2-4-7-12/h2-9,11,14H,10H2,1H3. The highest BCUT2D eigenvalue weighted by Gasteiger charge is 2.35. The fraction of sp³-hybridized carbons (Fsp3) is 0.235. The minimum absolute atomic E-state index is 0.128. The van der Waals surface area contributed by atoms with Crippen molar-refractivity contribution in [3.63, 3.8) is 0 Å². The average Bonchev–Trinajstić information content (AvgIpc) is 2.86. The lowest BCUT2D eigenvalue weighted by Crippen LogP contribution is -2.23. The number of hydrogen-bond donors (Lipinski definition) is 0. The van der Waals surface area contributed by atoms with Crippen LogP contribution in [-0.2, 0) is 14.3 Å². The van der Waals surface area contributed by atoms with Gasteiger partial charge in [0.15, 0.2) is 0 Å². The lowest BCUT2D eigenvalue weighted by Gasteiger charge is -2.11. The molecule has 3 rings (SSSR count). The molecule has 1 aromatic carbocycles. The summed E-state index contributed by atoms with van der Waals surface area (Å²) < 4.78 is 15.8. The molecule has 0 radical (unpaired) electrons. The molecule has 2 heterocycles. The second-order valence-electron chi connectivity index (χ2n) is 5.15. The number of benzene rings is 1. The van der Waals surface area contributed by atoms with Crippen molar-refractivity contribution in [2.45, 2.75) is 25.6 Å². The fourth-order valence-electron chi connectivity index (χ4n) is 2.24. The monoisotopic (exact) mass is 313 g/mol. The van der Waals surface area contributed by atoms with Crippen LogP contribution in [0.4, 0.5) is 0 Å². The van der Waals surface area contributed by atoms with Crippen molar-refractivity contribution >= 4 is 11.9 Å². The first kappa shape index (κ1) is 15.0. The number of cyclic esters (lactones) is 1. The second kappa shape index (κ2) is 6.48. The molecule has 2 unspecified atom stereocenters. The Morgan fingerprint density at radius 3 is 2.70 bits per heavy atom. The molecule has 0 spiro atoms. The van der Waals surface area contributed by atoms with Crippen LogP contribution in [-0.4, -0.2) is 29.1 Å². The van der Waals surface area contributed by atoms with Crippen LogP contribution in [0.25, 0.3) is 0 Å². The summed E-state index contributed by atoms with van der Waals surface area (Å²) in [7, 11) is 0. The third kappa shape index (κ3) is 3.48. The van der Waals surface area contributed by atoms with Crippen molar-refractivity contribution in [1.29, 1.82) is 0 Å².